The van der Waals surface area contributed by atoms with Crippen LogP contribution in [0.5, 0.6) is 0 Å². The van der Waals surface area contributed by atoms with Gasteiger partial charge in [-0.1, -0.05) is 5.16 Å². The quantitative estimate of drug-likeness (QED) is 0.509. The van der Waals surface area contributed by atoms with E-state index >= 15 is 0 Å². The van der Waals surface area contributed by atoms with E-state index in [2.05, 4.69) is 5.16 Å². The molecule has 18 heavy (non-hydrogen) atoms. The van der Waals surface area contributed by atoms with Crippen molar-refractivity contribution in [3.63, 3.8) is 0 Å². The van der Waals surface area contributed by atoms with Crippen LogP contribution in [0.3, 0.4) is 0 Å². The van der Waals surface area contributed by atoms with Crippen LogP contribution < -0.4 is 0 Å². The largest absolute Gasteiger partial charge is 0.411 e. The molecule has 0 bridgehead atoms. The molecule has 6 nitrogen and oxygen atoms in total. The van der Waals surface area contributed by atoms with Crippen LogP contribution in [0.25, 0.3) is 0 Å². The van der Waals surface area contributed by atoms with Crippen LogP contribution in [0.4, 0.5) is 0 Å². The summed E-state index contributed by atoms with van der Waals surface area (Å²) in [6, 6.07) is 1.52. The summed E-state index contributed by atoms with van der Waals surface area (Å²) in [6.45, 7) is 0.389. The van der Waals surface area contributed by atoms with Gasteiger partial charge in [0.1, 0.15) is 10.6 Å². The lowest BCUT2D eigenvalue weighted by atomic mass is 10.2. The molecule has 2 rings (SSSR count). The molecule has 100 valence electrons. The average Bonchev–Trinajstić information content (AvgIpc) is 2.72. The van der Waals surface area contributed by atoms with Gasteiger partial charge in [0.05, 0.1) is 12.2 Å². The highest BCUT2D eigenvalue weighted by Crippen LogP contribution is 2.27. The van der Waals surface area contributed by atoms with Gasteiger partial charge in [-0.05, 0) is 12.5 Å². The molecule has 0 saturated heterocycles. The van der Waals surface area contributed by atoms with Crippen molar-refractivity contribution in [3.05, 3.63) is 18.0 Å². The van der Waals surface area contributed by atoms with E-state index in [1.165, 1.54) is 10.4 Å². The number of hydrogen-bond donors (Lipinski definition) is 1. The summed E-state index contributed by atoms with van der Waals surface area (Å²) in [6.07, 6.45) is 2.19. The van der Waals surface area contributed by atoms with Crippen molar-refractivity contribution in [1.82, 2.24) is 8.87 Å². The Morgan fingerprint density at radius 3 is 2.89 bits per heavy atom. The molecule has 0 amide bonds. The summed E-state index contributed by atoms with van der Waals surface area (Å²) in [5.41, 5.74) is 0.793. The average molecular weight is 292 g/mol. The third-order valence-electron chi connectivity index (χ3n) is 2.91. The molecule has 0 atom stereocenters. The lowest BCUT2D eigenvalue weighted by Crippen LogP contribution is -2.42. The van der Waals surface area contributed by atoms with Gasteiger partial charge >= 0.3 is 0 Å². The van der Waals surface area contributed by atoms with E-state index in [-0.39, 0.29) is 11.4 Å². The number of hydrogen-bond acceptors (Lipinski definition) is 4. The Hall–Kier alpha value is -1.05. The lowest BCUT2D eigenvalue weighted by Gasteiger charge is -2.27. The minimum Gasteiger partial charge on any atom is -0.411 e. The molecule has 0 fully saturated rings. The Labute approximate surface area is 111 Å². The third kappa shape index (κ3) is 2.02. The van der Waals surface area contributed by atoms with E-state index in [0.717, 1.165) is 0 Å². The molecule has 0 saturated carbocycles. The van der Waals surface area contributed by atoms with E-state index in [1.807, 2.05) is 0 Å². The minimum absolute atomic E-state index is 0.0700. The summed E-state index contributed by atoms with van der Waals surface area (Å²) >= 11 is 5.58. The Bertz CT molecular complexity index is 579. The Morgan fingerprint density at radius 2 is 2.28 bits per heavy atom. The number of aromatic nitrogens is 1. The maximum Gasteiger partial charge on any atom is 0.245 e. The molecular weight excluding hydrogens is 278 g/mol. The summed E-state index contributed by atoms with van der Waals surface area (Å²) in [5.74, 6) is 0.388. The fourth-order valence-corrected chi connectivity index (χ4v) is 3.84. The van der Waals surface area contributed by atoms with Gasteiger partial charge in [0, 0.05) is 25.7 Å². The maximum absolute atomic E-state index is 12.3. The lowest BCUT2D eigenvalue weighted by molar-refractivity contribution is 0.314. The second kappa shape index (κ2) is 4.91. The van der Waals surface area contributed by atoms with Crippen LogP contribution in [-0.4, -0.2) is 47.2 Å². The number of fused-ring (bicyclic) bond motifs is 1. The van der Waals surface area contributed by atoms with Gasteiger partial charge in [-0.25, -0.2) is 8.42 Å². The minimum atomic E-state index is -3.52. The first kappa shape index (κ1) is 13.4. The summed E-state index contributed by atoms with van der Waals surface area (Å²) < 4.78 is 27.6. The fraction of sp³-hybridized carbons (Fsp3) is 0.500. The molecule has 2 heterocycles. The van der Waals surface area contributed by atoms with Crippen molar-refractivity contribution < 1.29 is 13.6 Å². The number of oxime groups is 1. The van der Waals surface area contributed by atoms with Gasteiger partial charge in [0.15, 0.2) is 0 Å². The van der Waals surface area contributed by atoms with Crippen molar-refractivity contribution in [2.24, 2.45) is 12.2 Å². The molecule has 1 aromatic heterocycles. The zero-order valence-corrected chi connectivity index (χ0v) is 11.4. The Morgan fingerprint density at radius 1 is 1.56 bits per heavy atom. The topological polar surface area (TPSA) is 74.9 Å². The van der Waals surface area contributed by atoms with Crippen molar-refractivity contribution in [1.29, 1.82) is 0 Å². The maximum atomic E-state index is 12.3. The van der Waals surface area contributed by atoms with E-state index in [4.69, 9.17) is 16.8 Å². The number of aryl methyl sites for hydroxylation is 1. The van der Waals surface area contributed by atoms with E-state index < -0.39 is 10.0 Å². The first-order valence-corrected chi connectivity index (χ1v) is 7.42. The van der Waals surface area contributed by atoms with Crippen molar-refractivity contribution in [3.8, 4) is 0 Å². The second-order valence-corrected chi connectivity index (χ2v) is 6.35. The van der Waals surface area contributed by atoms with Gasteiger partial charge in [-0.15, -0.1) is 11.6 Å². The standard InChI is InChI=1S/C10H14ClN3O3S/c1-13-6-3-9-10(13)8(12-15)7-14(5-2-4-11)18(9,16)17/h3,6,15H,2,4-5,7H2,1H3/b12-8-. The number of halogens is 1. The van der Waals surface area contributed by atoms with Crippen LogP contribution in [0.1, 0.15) is 12.1 Å². The van der Waals surface area contributed by atoms with Crippen molar-refractivity contribution in [2.75, 3.05) is 19.0 Å². The number of rotatable bonds is 3. The summed E-state index contributed by atoms with van der Waals surface area (Å²) in [5, 5.41) is 12.2. The molecule has 1 aliphatic heterocycles. The number of sulfonamides is 1. The third-order valence-corrected chi connectivity index (χ3v) is 5.06. The molecular formula is C10H14ClN3O3S. The highest BCUT2D eigenvalue weighted by atomic mass is 35.5. The van der Waals surface area contributed by atoms with Gasteiger partial charge in [-0.3, -0.25) is 0 Å². The number of alkyl halides is 1. The Balaban J connectivity index is 2.50. The van der Waals surface area contributed by atoms with E-state index in [0.29, 0.717) is 30.3 Å². The van der Waals surface area contributed by atoms with Crippen LogP contribution in [0, 0.1) is 0 Å². The van der Waals surface area contributed by atoms with E-state index in [1.54, 1.807) is 17.8 Å². The van der Waals surface area contributed by atoms with Crippen LogP contribution in [0.2, 0.25) is 0 Å². The predicted molar refractivity (Wildman–Crippen MR) is 67.8 cm³/mol. The SMILES string of the molecule is Cn1ccc2c1/C(=N\O)CN(CCCCl)S2(=O)=O. The summed E-state index contributed by atoms with van der Waals surface area (Å²) in [4.78, 5) is 0.179. The monoisotopic (exact) mass is 291 g/mol. The fourth-order valence-electron chi connectivity index (χ4n) is 2.04. The van der Waals surface area contributed by atoms with Gasteiger partial charge in [0.2, 0.25) is 10.0 Å². The van der Waals surface area contributed by atoms with Gasteiger partial charge < -0.3 is 9.77 Å². The zero-order valence-electron chi connectivity index (χ0n) is 9.87. The highest BCUT2D eigenvalue weighted by Gasteiger charge is 2.36. The smallest absolute Gasteiger partial charge is 0.245 e. The predicted octanol–water partition coefficient (Wildman–Crippen LogP) is 0.837. The molecule has 0 aliphatic carbocycles. The van der Waals surface area contributed by atoms with Gasteiger partial charge in [0.25, 0.3) is 0 Å². The van der Waals surface area contributed by atoms with Crippen LogP contribution >= 0.6 is 11.6 Å². The molecule has 1 aliphatic rings. The second-order valence-electron chi connectivity index (χ2n) is 4.07. The first-order chi connectivity index (χ1) is 8.52. The molecule has 0 unspecified atom stereocenters. The highest BCUT2D eigenvalue weighted by molar-refractivity contribution is 7.89. The van der Waals surface area contributed by atoms with Gasteiger partial charge in [-0.2, -0.15) is 4.31 Å². The molecule has 1 aromatic rings. The summed E-state index contributed by atoms with van der Waals surface area (Å²) in [7, 11) is -1.80. The van der Waals surface area contributed by atoms with Crippen LogP contribution in [0.15, 0.2) is 22.3 Å². The Kier molecular flexibility index (Phi) is 3.65. The normalized spacial score (nSPS) is 21.1. The zero-order chi connectivity index (χ0) is 13.3. The first-order valence-electron chi connectivity index (χ1n) is 5.45. The van der Waals surface area contributed by atoms with Crippen molar-refractivity contribution in [2.45, 2.75) is 11.3 Å². The van der Waals surface area contributed by atoms with Crippen molar-refractivity contribution >= 4 is 27.3 Å². The molecule has 1 N–H and O–H groups in total. The molecule has 8 heteroatoms. The molecule has 0 spiro atoms. The van der Waals surface area contributed by atoms with E-state index in [9.17, 15) is 8.42 Å². The molecule has 0 radical (unpaired) electrons. The van der Waals surface area contributed by atoms with Crippen LogP contribution in [-0.2, 0) is 17.1 Å². The number of nitrogens with zero attached hydrogens (tertiary/aromatic N) is 3. The molecule has 0 aromatic carbocycles.